The maximum Gasteiger partial charge on any atom is 0.357 e. The summed E-state index contributed by atoms with van der Waals surface area (Å²) in [5, 5.41) is 21.0. The van der Waals surface area contributed by atoms with Gasteiger partial charge >= 0.3 is 5.97 Å². The molecule has 3 heterocycles. The minimum Gasteiger partial charge on any atom is -0.456 e. The molecule has 0 spiro atoms. The molecule has 0 aromatic heterocycles. The molecular weight excluding hydrogens is 538 g/mol. The topological polar surface area (TPSA) is 113 Å². The lowest BCUT2D eigenvalue weighted by molar-refractivity contribution is -0.384. The van der Waals surface area contributed by atoms with E-state index in [4.69, 9.17) is 4.74 Å². The van der Waals surface area contributed by atoms with E-state index in [1.807, 2.05) is 25.1 Å². The molecule has 0 bridgehead atoms. The number of carbonyl (C=O) groups is 2. The molecule has 4 atom stereocenters. The highest BCUT2D eigenvalue weighted by atomic mass is 32.2. The number of rotatable bonds is 11. The minimum atomic E-state index is -0.760. The van der Waals surface area contributed by atoms with Crippen molar-refractivity contribution in [2.75, 3.05) is 12.3 Å². The number of fused-ring (bicyclic) bond motifs is 1. The number of carbonyl (C=O) groups excluding carboxylic acids is 2. The highest BCUT2D eigenvalue weighted by Crippen LogP contribution is 2.54. The molecule has 1 N–H and O–H groups in total. The van der Waals surface area contributed by atoms with E-state index in [-0.39, 0.29) is 29.3 Å². The number of nitro benzene ring substituents is 1. The monoisotopic (exact) mass is 569 g/mol. The van der Waals surface area contributed by atoms with Crippen LogP contribution in [-0.4, -0.2) is 61.5 Å². The van der Waals surface area contributed by atoms with Crippen LogP contribution in [0.5, 0.6) is 0 Å². The van der Waals surface area contributed by atoms with Gasteiger partial charge in [0.05, 0.1) is 21.2 Å². The number of aliphatic hydroxyl groups excluding tert-OH is 1. The van der Waals surface area contributed by atoms with Gasteiger partial charge in [0.25, 0.3) is 5.69 Å². The van der Waals surface area contributed by atoms with Gasteiger partial charge < -0.3 is 9.84 Å². The second-order valence-corrected chi connectivity index (χ2v) is 12.3. The van der Waals surface area contributed by atoms with Crippen LogP contribution < -0.4 is 0 Å². The molecule has 2 aromatic carbocycles. The maximum atomic E-state index is 13.3. The minimum absolute atomic E-state index is 0.0403. The van der Waals surface area contributed by atoms with Gasteiger partial charge in [-0.25, -0.2) is 4.79 Å². The molecule has 206 valence electrons. The molecule has 11 heteroatoms. The maximum absolute atomic E-state index is 13.3. The Balaban J connectivity index is 1.29. The van der Waals surface area contributed by atoms with E-state index in [1.54, 1.807) is 23.9 Å². The van der Waals surface area contributed by atoms with E-state index in [9.17, 15) is 24.8 Å². The lowest BCUT2D eigenvalue weighted by Gasteiger charge is -2.44. The number of nitrogens with zero attached hydrogens (tertiary/aromatic N) is 3. The first-order valence-corrected chi connectivity index (χ1v) is 15.0. The third kappa shape index (κ3) is 5.86. The number of thioether (sulfide) groups is 2. The number of non-ortho nitro benzene ring substituents is 1. The number of nitro groups is 1. The Labute approximate surface area is 235 Å². The second kappa shape index (κ2) is 12.1. The van der Waals surface area contributed by atoms with Crippen LogP contribution in [0.3, 0.4) is 0 Å². The zero-order valence-electron chi connectivity index (χ0n) is 21.6. The normalized spacial score (nSPS) is 23.5. The highest BCUT2D eigenvalue weighted by molar-refractivity contribution is 8.22. The predicted molar refractivity (Wildman–Crippen MR) is 150 cm³/mol. The van der Waals surface area contributed by atoms with Crippen molar-refractivity contribution in [2.45, 2.75) is 56.9 Å². The van der Waals surface area contributed by atoms with Crippen molar-refractivity contribution < 1.29 is 24.4 Å². The number of β-lactam (4-membered cyclic amide) rings is 1. The Morgan fingerprint density at radius 1 is 1.21 bits per heavy atom. The molecule has 2 saturated heterocycles. The van der Waals surface area contributed by atoms with E-state index in [1.165, 1.54) is 34.4 Å². The van der Waals surface area contributed by atoms with Gasteiger partial charge in [0.2, 0.25) is 5.91 Å². The lowest BCUT2D eigenvalue weighted by Crippen LogP contribution is -2.61. The van der Waals surface area contributed by atoms with Gasteiger partial charge in [-0.15, -0.1) is 11.8 Å². The fourth-order valence-corrected chi connectivity index (χ4v) is 8.30. The quantitative estimate of drug-likeness (QED) is 0.181. The van der Waals surface area contributed by atoms with Gasteiger partial charge in [0, 0.05) is 30.5 Å². The summed E-state index contributed by atoms with van der Waals surface area (Å²) in [6, 6.07) is 16.5. The fraction of sp³-hybridized carbons (Fsp3) is 0.429. The first kappa shape index (κ1) is 27.7. The zero-order valence-corrected chi connectivity index (χ0v) is 23.2. The van der Waals surface area contributed by atoms with Gasteiger partial charge in [-0.1, -0.05) is 49.0 Å². The Morgan fingerprint density at radius 3 is 2.64 bits per heavy atom. The van der Waals surface area contributed by atoms with Crippen LogP contribution >= 0.6 is 23.5 Å². The van der Waals surface area contributed by atoms with Gasteiger partial charge in [-0.05, 0) is 49.1 Å². The standard InChI is InChI=1S/C28H31N3O6S2/c1-2-22(32)23-25(33)30-24(27(34)37-16-19-10-12-20(13-11-19)31(35)36)28(39-26(23)30)38-17-21-9-6-14-29(21)15-18-7-4-3-5-8-18/h3-5,7-8,10-13,21-23,26,32H,2,6,9,14-17H2,1H3/t21-,22+,23-,26-/m1/s1. The smallest absolute Gasteiger partial charge is 0.357 e. The summed E-state index contributed by atoms with van der Waals surface area (Å²) in [7, 11) is 0. The average Bonchev–Trinajstić information content (AvgIpc) is 3.52. The van der Waals surface area contributed by atoms with E-state index in [0.29, 0.717) is 18.0 Å². The van der Waals surface area contributed by atoms with Gasteiger partial charge in [-0.3, -0.25) is 24.7 Å². The van der Waals surface area contributed by atoms with Gasteiger partial charge in [0.1, 0.15) is 12.0 Å². The summed E-state index contributed by atoms with van der Waals surface area (Å²) < 4.78 is 6.33. The number of amides is 1. The van der Waals surface area contributed by atoms with Crippen LogP contribution in [0.4, 0.5) is 5.69 Å². The molecule has 0 unspecified atom stereocenters. The van der Waals surface area contributed by atoms with Crippen molar-refractivity contribution in [2.24, 2.45) is 5.92 Å². The number of aliphatic hydroxyl groups is 1. The Hall–Kier alpha value is -2.86. The van der Waals surface area contributed by atoms with Crippen LogP contribution in [0.1, 0.15) is 37.3 Å². The Kier molecular flexibility index (Phi) is 8.61. The number of esters is 1. The van der Waals surface area contributed by atoms with E-state index in [0.717, 1.165) is 35.9 Å². The van der Waals surface area contributed by atoms with Crippen LogP contribution in [0, 0.1) is 16.0 Å². The van der Waals surface area contributed by atoms with Gasteiger partial charge in [-0.2, -0.15) is 0 Å². The van der Waals surface area contributed by atoms with Crippen molar-refractivity contribution in [3.8, 4) is 0 Å². The summed E-state index contributed by atoms with van der Waals surface area (Å²) in [6.07, 6.45) is 1.89. The highest BCUT2D eigenvalue weighted by Gasteiger charge is 2.58. The predicted octanol–water partition coefficient (Wildman–Crippen LogP) is 4.51. The molecule has 39 heavy (non-hydrogen) atoms. The molecule has 2 fully saturated rings. The van der Waals surface area contributed by atoms with Crippen LogP contribution in [0.25, 0.3) is 0 Å². The number of ether oxygens (including phenoxy) is 1. The molecule has 0 saturated carbocycles. The molecule has 5 rings (SSSR count). The third-order valence-corrected chi connectivity index (χ3v) is 10.2. The van der Waals surface area contributed by atoms with Crippen molar-refractivity contribution in [3.63, 3.8) is 0 Å². The third-order valence-electron chi connectivity index (χ3n) is 7.42. The van der Waals surface area contributed by atoms with Crippen molar-refractivity contribution in [3.05, 3.63) is 85.8 Å². The average molecular weight is 570 g/mol. The van der Waals surface area contributed by atoms with Crippen molar-refractivity contribution in [1.82, 2.24) is 9.80 Å². The molecule has 0 radical (unpaired) electrons. The van der Waals surface area contributed by atoms with E-state index in [2.05, 4.69) is 17.0 Å². The summed E-state index contributed by atoms with van der Waals surface area (Å²) in [5.41, 5.74) is 2.09. The number of hydrogen-bond acceptors (Lipinski definition) is 9. The van der Waals surface area contributed by atoms with E-state index >= 15 is 0 Å². The molecule has 9 nitrogen and oxygen atoms in total. The number of hydrogen-bond donors (Lipinski definition) is 1. The first-order valence-electron chi connectivity index (χ1n) is 13.1. The summed E-state index contributed by atoms with van der Waals surface area (Å²) in [6.45, 7) is 3.67. The first-order chi connectivity index (χ1) is 18.9. The summed E-state index contributed by atoms with van der Waals surface area (Å²) >= 11 is 3.04. The summed E-state index contributed by atoms with van der Waals surface area (Å²) in [4.78, 5) is 40.7. The van der Waals surface area contributed by atoms with Crippen molar-refractivity contribution in [1.29, 1.82) is 0 Å². The molecule has 3 aliphatic heterocycles. The van der Waals surface area contributed by atoms with Crippen LogP contribution in [0.15, 0.2) is 64.5 Å². The molecule has 0 aliphatic carbocycles. The lowest BCUT2D eigenvalue weighted by atomic mass is 9.90. The molecule has 1 amide bonds. The second-order valence-electron chi connectivity index (χ2n) is 9.92. The molecular formula is C28H31N3O6S2. The Morgan fingerprint density at radius 2 is 1.95 bits per heavy atom. The zero-order chi connectivity index (χ0) is 27.5. The van der Waals surface area contributed by atoms with Gasteiger partial charge in [0.15, 0.2) is 5.70 Å². The Bertz CT molecular complexity index is 1260. The number of likely N-dealkylation sites (tertiary alicyclic amines) is 1. The van der Waals surface area contributed by atoms with Crippen LogP contribution in [-0.2, 0) is 27.5 Å². The summed E-state index contributed by atoms with van der Waals surface area (Å²) in [5.74, 6) is -0.622. The molecule has 3 aliphatic rings. The van der Waals surface area contributed by atoms with Crippen LogP contribution in [0.2, 0.25) is 0 Å². The largest absolute Gasteiger partial charge is 0.456 e. The fourth-order valence-electron chi connectivity index (χ4n) is 5.22. The van der Waals surface area contributed by atoms with Crippen molar-refractivity contribution >= 4 is 41.1 Å². The number of benzene rings is 2. The SMILES string of the molecule is CC[C@H](O)[C@@H]1C(=O)N2C(C(=O)OCc3ccc([N+](=O)[O-])cc3)=C(SC[C@H]3CCCN3Cc3ccccc3)S[C@H]12. The van der Waals surface area contributed by atoms with E-state index < -0.39 is 22.9 Å². The molecule has 2 aromatic rings.